The van der Waals surface area contributed by atoms with Crippen LogP contribution >= 0.6 is 0 Å². The van der Waals surface area contributed by atoms with Gasteiger partial charge in [0, 0.05) is 32.2 Å². The fourth-order valence-corrected chi connectivity index (χ4v) is 4.92. The topological polar surface area (TPSA) is 57.7 Å². The van der Waals surface area contributed by atoms with E-state index in [4.69, 9.17) is 0 Å². The van der Waals surface area contributed by atoms with Gasteiger partial charge in [-0.2, -0.15) is 4.31 Å². The number of sulfonamides is 1. The molecule has 0 spiro atoms. The summed E-state index contributed by atoms with van der Waals surface area (Å²) in [4.78, 5) is 14.5. The molecule has 0 radical (unpaired) electrons. The molecule has 5 nitrogen and oxygen atoms in total. The predicted molar refractivity (Wildman–Crippen MR) is 101 cm³/mol. The van der Waals surface area contributed by atoms with Gasteiger partial charge in [0.05, 0.1) is 10.8 Å². The molecule has 1 amide bonds. The monoisotopic (exact) mass is 390 g/mol. The molecule has 2 aromatic rings. The van der Waals surface area contributed by atoms with Crippen LogP contribution in [0.25, 0.3) is 0 Å². The van der Waals surface area contributed by atoms with E-state index in [1.165, 1.54) is 15.3 Å². The van der Waals surface area contributed by atoms with E-state index in [0.29, 0.717) is 24.9 Å². The third kappa shape index (κ3) is 4.36. The van der Waals surface area contributed by atoms with E-state index in [1.807, 2.05) is 0 Å². The first-order valence-corrected chi connectivity index (χ1v) is 10.4. The highest BCUT2D eigenvalue weighted by molar-refractivity contribution is 7.89. The van der Waals surface area contributed by atoms with Gasteiger partial charge in [0.2, 0.25) is 15.9 Å². The first-order chi connectivity index (χ1) is 12.9. The molecule has 144 valence electrons. The average molecular weight is 390 g/mol. The lowest BCUT2D eigenvalue weighted by atomic mass is 9.98. The minimum Gasteiger partial charge on any atom is -0.341 e. The average Bonchev–Trinajstić information content (AvgIpc) is 2.70. The van der Waals surface area contributed by atoms with Gasteiger partial charge in [-0.15, -0.1) is 0 Å². The summed E-state index contributed by atoms with van der Waals surface area (Å²) in [6.45, 7) is 0.711. The summed E-state index contributed by atoms with van der Waals surface area (Å²) in [5.74, 6) is -0.936. The Kier molecular flexibility index (Phi) is 5.92. The maximum atomic E-state index is 13.8. The first-order valence-electron chi connectivity index (χ1n) is 8.93. The van der Waals surface area contributed by atoms with Crippen LogP contribution in [0.2, 0.25) is 0 Å². The molecule has 0 aliphatic carbocycles. The number of hydrogen-bond donors (Lipinski definition) is 0. The molecule has 1 aliphatic heterocycles. The number of nitrogens with zero attached hydrogens (tertiary/aromatic N) is 2. The molecular formula is C20H23FN2O3S. The zero-order valence-corrected chi connectivity index (χ0v) is 16.0. The van der Waals surface area contributed by atoms with Crippen LogP contribution in [0.4, 0.5) is 4.39 Å². The Hall–Kier alpha value is -2.25. The van der Waals surface area contributed by atoms with E-state index in [9.17, 15) is 17.6 Å². The second-order valence-electron chi connectivity index (χ2n) is 6.80. The van der Waals surface area contributed by atoms with Crippen LogP contribution in [0, 0.1) is 11.7 Å². The van der Waals surface area contributed by atoms with Crippen LogP contribution in [0.3, 0.4) is 0 Å². The quantitative estimate of drug-likeness (QED) is 0.789. The molecule has 7 heteroatoms. The van der Waals surface area contributed by atoms with Crippen LogP contribution in [-0.4, -0.2) is 43.7 Å². The number of piperidine rings is 1. The van der Waals surface area contributed by atoms with Crippen molar-refractivity contribution in [2.45, 2.75) is 24.3 Å². The van der Waals surface area contributed by atoms with Gasteiger partial charge in [-0.1, -0.05) is 36.4 Å². The number of carbonyl (C=O) groups is 1. The van der Waals surface area contributed by atoms with Crippen molar-refractivity contribution in [1.82, 2.24) is 9.21 Å². The van der Waals surface area contributed by atoms with Crippen LogP contribution < -0.4 is 0 Å². The molecular weight excluding hydrogens is 367 g/mol. The molecule has 1 fully saturated rings. The van der Waals surface area contributed by atoms with E-state index in [-0.39, 0.29) is 29.7 Å². The van der Waals surface area contributed by atoms with E-state index in [2.05, 4.69) is 0 Å². The second kappa shape index (κ2) is 8.19. The van der Waals surface area contributed by atoms with Gasteiger partial charge >= 0.3 is 0 Å². The molecule has 1 heterocycles. The molecule has 0 N–H and O–H groups in total. The fraction of sp³-hybridized carbons (Fsp3) is 0.350. The predicted octanol–water partition coefficient (Wildman–Crippen LogP) is 2.89. The molecule has 0 aromatic heterocycles. The number of hydrogen-bond acceptors (Lipinski definition) is 3. The lowest BCUT2D eigenvalue weighted by molar-refractivity contribution is -0.135. The van der Waals surface area contributed by atoms with Crippen molar-refractivity contribution in [2.24, 2.45) is 5.92 Å². The van der Waals surface area contributed by atoms with E-state index in [0.717, 1.165) is 0 Å². The standard InChI is InChI=1S/C20H23FN2O3S/c1-22(14-16-8-5-6-12-19(16)21)20(24)17-9-7-13-23(15-17)27(25,26)18-10-3-2-4-11-18/h2-6,8,10-12,17H,7,9,13-15H2,1H3. The van der Waals surface area contributed by atoms with E-state index < -0.39 is 15.9 Å². The van der Waals surface area contributed by atoms with Gasteiger partial charge in [0.1, 0.15) is 5.82 Å². The highest BCUT2D eigenvalue weighted by Gasteiger charge is 2.34. The van der Waals surface area contributed by atoms with Gasteiger partial charge in [-0.05, 0) is 31.0 Å². The Bertz CT molecular complexity index is 902. The summed E-state index contributed by atoms with van der Waals surface area (Å²) in [6, 6.07) is 14.6. The highest BCUT2D eigenvalue weighted by Crippen LogP contribution is 2.25. The summed E-state index contributed by atoms with van der Waals surface area (Å²) in [7, 11) is -1.99. The highest BCUT2D eigenvalue weighted by atomic mass is 32.2. The Morgan fingerprint density at radius 3 is 2.52 bits per heavy atom. The SMILES string of the molecule is CN(Cc1ccccc1F)C(=O)C1CCCN(S(=O)(=O)c2ccccc2)C1. The first kappa shape index (κ1) is 19.5. The second-order valence-corrected chi connectivity index (χ2v) is 8.74. The van der Waals surface area contributed by atoms with Crippen LogP contribution in [0.1, 0.15) is 18.4 Å². The summed E-state index contributed by atoms with van der Waals surface area (Å²) in [6.07, 6.45) is 1.25. The number of carbonyl (C=O) groups excluding carboxylic acids is 1. The maximum absolute atomic E-state index is 13.8. The molecule has 1 unspecified atom stereocenters. The van der Waals surface area contributed by atoms with Gasteiger partial charge in [-0.3, -0.25) is 4.79 Å². The third-order valence-electron chi connectivity index (χ3n) is 4.86. The van der Waals surface area contributed by atoms with Crippen LogP contribution in [-0.2, 0) is 21.4 Å². The van der Waals surface area contributed by atoms with E-state index in [1.54, 1.807) is 55.6 Å². The lowest BCUT2D eigenvalue weighted by Crippen LogP contribution is -2.45. The summed E-state index contributed by atoms with van der Waals surface area (Å²) < 4.78 is 40.8. The van der Waals surface area contributed by atoms with Gasteiger partial charge in [0.15, 0.2) is 0 Å². The minimum absolute atomic E-state index is 0.150. The molecule has 27 heavy (non-hydrogen) atoms. The van der Waals surface area contributed by atoms with Crippen molar-refractivity contribution in [1.29, 1.82) is 0 Å². The fourth-order valence-electron chi connectivity index (χ4n) is 3.38. The van der Waals surface area contributed by atoms with Crippen molar-refractivity contribution >= 4 is 15.9 Å². The normalized spacial score (nSPS) is 18.2. The zero-order chi connectivity index (χ0) is 19.4. The Morgan fingerprint density at radius 2 is 1.81 bits per heavy atom. The van der Waals surface area contributed by atoms with E-state index >= 15 is 0 Å². The van der Waals surface area contributed by atoms with Crippen molar-refractivity contribution < 1.29 is 17.6 Å². The minimum atomic E-state index is -3.62. The van der Waals surface area contributed by atoms with Crippen LogP contribution in [0.15, 0.2) is 59.5 Å². The Balaban J connectivity index is 1.70. The Morgan fingerprint density at radius 1 is 1.15 bits per heavy atom. The number of benzene rings is 2. The smallest absolute Gasteiger partial charge is 0.243 e. The largest absolute Gasteiger partial charge is 0.341 e. The zero-order valence-electron chi connectivity index (χ0n) is 15.2. The van der Waals surface area contributed by atoms with Crippen molar-refractivity contribution in [3.8, 4) is 0 Å². The molecule has 1 saturated heterocycles. The molecule has 3 rings (SSSR count). The van der Waals surface area contributed by atoms with Gasteiger partial charge < -0.3 is 4.90 Å². The van der Waals surface area contributed by atoms with Crippen molar-refractivity contribution in [3.63, 3.8) is 0 Å². The summed E-state index contributed by atoms with van der Waals surface area (Å²) >= 11 is 0. The van der Waals surface area contributed by atoms with Crippen molar-refractivity contribution in [3.05, 3.63) is 66.0 Å². The number of amides is 1. The number of rotatable bonds is 5. The van der Waals surface area contributed by atoms with Crippen molar-refractivity contribution in [2.75, 3.05) is 20.1 Å². The third-order valence-corrected chi connectivity index (χ3v) is 6.74. The molecule has 1 atom stereocenters. The van der Waals surface area contributed by atoms with Gasteiger partial charge in [-0.25, -0.2) is 12.8 Å². The summed E-state index contributed by atoms with van der Waals surface area (Å²) in [5, 5.41) is 0. The molecule has 0 bridgehead atoms. The summed E-state index contributed by atoms with van der Waals surface area (Å²) in [5.41, 5.74) is 0.443. The number of halogens is 1. The molecule has 1 aliphatic rings. The van der Waals surface area contributed by atoms with Crippen LogP contribution in [0.5, 0.6) is 0 Å². The molecule has 0 saturated carbocycles. The maximum Gasteiger partial charge on any atom is 0.243 e. The van der Waals surface area contributed by atoms with Gasteiger partial charge in [0.25, 0.3) is 0 Å². The Labute approximate surface area is 159 Å². The lowest BCUT2D eigenvalue weighted by Gasteiger charge is -2.33. The molecule has 2 aromatic carbocycles.